The van der Waals surface area contributed by atoms with Gasteiger partial charge in [-0.3, -0.25) is 0 Å². The maximum Gasteiger partial charge on any atom is -0.147 e. The number of fused-ring (bicyclic) bond motifs is 2. The Kier molecular flexibility index (Phi) is 9.32. The second-order valence-electron chi connectivity index (χ2n) is 12.3. The van der Waals surface area contributed by atoms with Crippen molar-refractivity contribution in [2.45, 2.75) is 43.4 Å². The smallest absolute Gasteiger partial charge is 0.147 e. The van der Waals surface area contributed by atoms with Gasteiger partial charge in [-0.05, 0) is 0 Å². The first-order valence-electron chi connectivity index (χ1n) is 14.2. The zero-order valence-electron chi connectivity index (χ0n) is 24.0. The molecule has 4 heteroatoms. The Hall–Kier alpha value is -1.65. The van der Waals surface area contributed by atoms with E-state index in [-0.39, 0.29) is 24.8 Å². The average Bonchev–Trinajstić information content (AvgIpc) is 3.53. The molecule has 2 aliphatic rings. The number of benzene rings is 4. The number of hydrogen-bond donors (Lipinski definition) is 0. The van der Waals surface area contributed by atoms with Gasteiger partial charge in [-0.15, -0.1) is 24.8 Å². The summed E-state index contributed by atoms with van der Waals surface area (Å²) in [5, 5.41) is 0. The van der Waals surface area contributed by atoms with Gasteiger partial charge < -0.3 is 0 Å². The molecule has 0 bridgehead atoms. The molecule has 6 rings (SSSR count). The van der Waals surface area contributed by atoms with E-state index in [1.54, 1.807) is 22.3 Å². The van der Waals surface area contributed by atoms with E-state index in [2.05, 4.69) is 132 Å². The van der Waals surface area contributed by atoms with Crippen LogP contribution in [0, 0.1) is 0 Å². The van der Waals surface area contributed by atoms with Crippen molar-refractivity contribution < 1.29 is 15.4 Å². The van der Waals surface area contributed by atoms with Gasteiger partial charge >= 0.3 is 236 Å². The number of hydrogen-bond acceptors (Lipinski definition) is 0. The molecule has 0 aromatic heterocycles. The summed E-state index contributed by atoms with van der Waals surface area (Å²) in [4.78, 5) is 0. The Bertz CT molecular complexity index is 1540. The zero-order chi connectivity index (χ0) is 26.5. The summed E-state index contributed by atoms with van der Waals surface area (Å²) < 4.78 is 6.85. The fourth-order valence-electron chi connectivity index (χ4n) is 7.69. The molecule has 0 heterocycles. The number of halogens is 2. The molecule has 0 saturated heterocycles. The van der Waals surface area contributed by atoms with Gasteiger partial charge in [0.2, 0.25) is 0 Å². The summed E-state index contributed by atoms with van der Waals surface area (Å²) in [6, 6.07) is 36.2. The van der Waals surface area contributed by atoms with Crippen molar-refractivity contribution >= 4 is 49.2 Å². The Morgan fingerprint density at radius 2 is 0.925 bits per heavy atom. The van der Waals surface area contributed by atoms with Gasteiger partial charge in [0.1, 0.15) is 0 Å². The molecule has 0 fully saturated rings. The summed E-state index contributed by atoms with van der Waals surface area (Å²) in [6.07, 6.45) is 7.45. The molecule has 0 radical (unpaired) electrons. The van der Waals surface area contributed by atoms with Gasteiger partial charge in [0, 0.05) is 0 Å². The van der Waals surface area contributed by atoms with Crippen molar-refractivity contribution in [1.29, 1.82) is 0 Å². The number of rotatable bonds is 6. The third-order valence-electron chi connectivity index (χ3n) is 9.19. The molecule has 2 atom stereocenters. The topological polar surface area (TPSA) is 0 Å². The molecule has 40 heavy (non-hydrogen) atoms. The second kappa shape index (κ2) is 11.9. The SMILES string of the molecule is CCC1=Cc2c(-c3ccccc3)cccc2[CH]1[Hf]([CH3])([CH3])(=[GeH2])[CH]1C(CC)=Cc2c(-c3ccccc3)cccc21.Cl.Cl. The monoisotopic (exact) mass is 796 g/mol. The Labute approximate surface area is 258 Å². The van der Waals surface area contributed by atoms with Gasteiger partial charge in [0.25, 0.3) is 0 Å². The van der Waals surface area contributed by atoms with E-state index in [9.17, 15) is 0 Å². The maximum atomic E-state index is 2.81. The molecular weight excluding hydrogens is 754 g/mol. The molecule has 0 nitrogen and oxygen atoms in total. The van der Waals surface area contributed by atoms with E-state index in [4.69, 9.17) is 0 Å². The van der Waals surface area contributed by atoms with Crippen LogP contribution in [0.3, 0.4) is 0 Å². The first-order valence-corrected chi connectivity index (χ1v) is 40.2. The average molecular weight is 795 g/mol. The van der Waals surface area contributed by atoms with Crippen molar-refractivity contribution in [1.82, 2.24) is 0 Å². The first kappa shape index (κ1) is 31.3. The molecule has 2 unspecified atom stereocenters. The van der Waals surface area contributed by atoms with Gasteiger partial charge in [-0.1, -0.05) is 0 Å². The molecule has 0 N–H and O–H groups in total. The fraction of sp³-hybridized carbons (Fsp3) is 0.222. The second-order valence-corrected chi connectivity index (χ2v) is 75.9. The Morgan fingerprint density at radius 1 is 0.550 bits per heavy atom. The van der Waals surface area contributed by atoms with Crippen LogP contribution in [0.15, 0.2) is 108 Å². The van der Waals surface area contributed by atoms with Crippen LogP contribution in [0.5, 0.6) is 0 Å². The van der Waals surface area contributed by atoms with Crippen molar-refractivity contribution in [3.8, 4) is 22.3 Å². The first-order chi connectivity index (χ1) is 18.3. The predicted molar refractivity (Wildman–Crippen MR) is 181 cm³/mol. The van der Waals surface area contributed by atoms with E-state index in [0.29, 0.717) is 7.35 Å². The molecule has 2 aliphatic carbocycles. The summed E-state index contributed by atoms with van der Waals surface area (Å²) in [5.41, 5.74) is 15.0. The van der Waals surface area contributed by atoms with Crippen LogP contribution in [0.1, 0.15) is 56.3 Å². The van der Waals surface area contributed by atoms with Gasteiger partial charge in [-0.2, -0.15) is 0 Å². The van der Waals surface area contributed by atoms with Crippen LogP contribution in [0.25, 0.3) is 34.4 Å². The molecule has 0 saturated carbocycles. The van der Waals surface area contributed by atoms with E-state index in [0.717, 1.165) is 12.8 Å². The van der Waals surface area contributed by atoms with Gasteiger partial charge in [0.05, 0.1) is 0 Å². The minimum absolute atomic E-state index is 0. The van der Waals surface area contributed by atoms with Crippen LogP contribution in [0.2, 0.25) is 9.36 Å². The number of allylic oxidation sites excluding steroid dienone is 2. The summed E-state index contributed by atoms with van der Waals surface area (Å²) in [7, 11) is 0. The van der Waals surface area contributed by atoms with Crippen molar-refractivity contribution in [2.24, 2.45) is 0 Å². The Balaban J connectivity index is 0.00000185. The minimum Gasteiger partial charge on any atom is -0.147 e. The van der Waals surface area contributed by atoms with E-state index >= 15 is 0 Å². The largest absolute Gasteiger partial charge is 0.147 e. The third-order valence-corrected chi connectivity index (χ3v) is 41.7. The quantitative estimate of drug-likeness (QED) is 0.171. The van der Waals surface area contributed by atoms with Crippen LogP contribution >= 0.6 is 24.8 Å². The van der Waals surface area contributed by atoms with E-state index < -0.39 is 15.4 Å². The van der Waals surface area contributed by atoms with E-state index in [1.165, 1.54) is 45.6 Å². The van der Waals surface area contributed by atoms with Gasteiger partial charge in [0.15, 0.2) is 0 Å². The molecule has 4 aromatic rings. The van der Waals surface area contributed by atoms with Crippen molar-refractivity contribution in [3.05, 3.63) is 130 Å². The molecule has 4 aromatic carbocycles. The Morgan fingerprint density at radius 3 is 1.27 bits per heavy atom. The summed E-state index contributed by atoms with van der Waals surface area (Å²) in [6.45, 7) is 4.76. The van der Waals surface area contributed by atoms with Crippen molar-refractivity contribution in [2.75, 3.05) is 0 Å². The molecule has 206 valence electrons. The summed E-state index contributed by atoms with van der Waals surface area (Å²) >= 11 is -2.16. The summed E-state index contributed by atoms with van der Waals surface area (Å²) in [5.74, 6) is 0. The molecule has 0 aliphatic heterocycles. The van der Waals surface area contributed by atoms with Crippen LogP contribution < -0.4 is 0 Å². The van der Waals surface area contributed by atoms with Gasteiger partial charge in [-0.25, -0.2) is 0 Å². The normalized spacial score (nSPS) is 17.6. The van der Waals surface area contributed by atoms with Crippen LogP contribution in [-0.4, -0.2) is 12.2 Å². The zero-order valence-corrected chi connectivity index (χ0v) is 32.2. The molecular formula is C36H40Cl2GeHf. The maximum absolute atomic E-state index is 3.60. The fourth-order valence-corrected chi connectivity index (χ4v) is 45.4. The van der Waals surface area contributed by atoms with Crippen molar-refractivity contribution in [3.63, 3.8) is 0 Å². The minimum atomic E-state index is -3.60. The van der Waals surface area contributed by atoms with Crippen LogP contribution in [-0.2, 0) is 15.4 Å². The van der Waals surface area contributed by atoms with Crippen LogP contribution in [0.4, 0.5) is 0 Å². The molecule has 0 spiro atoms. The predicted octanol–water partition coefficient (Wildman–Crippen LogP) is 10.6. The molecule has 0 amide bonds. The third kappa shape index (κ3) is 5.10. The standard InChI is InChI=1S/2C17H15.2CH3.2ClH.GeH2.Hf/c2*1-2-13-11-15-9-6-10-16(17(15)12-13)14-7-4-3-5-8-14;;;;;;/h2*3-12H,2H2,1H3;2*1H3;2*1H;1H2;. The van der Waals surface area contributed by atoms with E-state index in [1.807, 2.05) is 0 Å².